The number of esters is 1. The predicted octanol–water partition coefficient (Wildman–Crippen LogP) is 3.41. The van der Waals surface area contributed by atoms with Crippen molar-refractivity contribution >= 4 is 23.6 Å². The summed E-state index contributed by atoms with van der Waals surface area (Å²) in [7, 11) is 1.40. The van der Waals surface area contributed by atoms with Gasteiger partial charge in [0, 0.05) is 38.0 Å². The third kappa shape index (κ3) is 9.66. The Bertz CT molecular complexity index is 567. The lowest BCUT2D eigenvalue weighted by molar-refractivity contribution is -0.140. The van der Waals surface area contributed by atoms with E-state index in [4.69, 9.17) is 0 Å². The van der Waals surface area contributed by atoms with E-state index in [0.29, 0.717) is 25.8 Å². The average Bonchev–Trinajstić information content (AvgIpc) is 3.05. The molecule has 6 heteroatoms. The summed E-state index contributed by atoms with van der Waals surface area (Å²) in [6.45, 7) is 4.80. The molecule has 0 saturated carbocycles. The lowest BCUT2D eigenvalue weighted by atomic mass is 10.00. The second-order valence-corrected chi connectivity index (χ2v) is 8.37. The van der Waals surface area contributed by atoms with Gasteiger partial charge in [-0.3, -0.25) is 9.59 Å². The lowest BCUT2D eigenvalue weighted by Gasteiger charge is -2.23. The molecule has 1 rings (SSSR count). The maximum Gasteiger partial charge on any atom is 0.305 e. The van der Waals surface area contributed by atoms with E-state index in [9.17, 15) is 14.7 Å². The quantitative estimate of drug-likeness (QED) is 0.232. The Morgan fingerprint density at radius 2 is 2.21 bits per heavy atom. The molecule has 0 aromatic heterocycles. The number of carbonyl (C=O) groups is 2. The summed E-state index contributed by atoms with van der Waals surface area (Å²) >= 11 is 1.75. The molecule has 0 bridgehead atoms. The zero-order chi connectivity index (χ0) is 20.8. The van der Waals surface area contributed by atoms with Crippen LogP contribution in [0.15, 0.2) is 12.2 Å². The van der Waals surface area contributed by atoms with Gasteiger partial charge in [-0.25, -0.2) is 0 Å². The van der Waals surface area contributed by atoms with Crippen molar-refractivity contribution in [1.29, 1.82) is 0 Å². The molecule has 0 spiro atoms. The van der Waals surface area contributed by atoms with Crippen LogP contribution >= 0.6 is 11.8 Å². The fourth-order valence-corrected chi connectivity index (χ4v) is 3.81. The molecule has 3 atom stereocenters. The number of likely N-dealkylation sites (tertiary alicyclic amines) is 1. The Morgan fingerprint density at radius 3 is 2.93 bits per heavy atom. The minimum Gasteiger partial charge on any atom is -0.469 e. The Labute approximate surface area is 174 Å². The number of ether oxygens (including phenoxy) is 1. The van der Waals surface area contributed by atoms with Crippen molar-refractivity contribution in [2.45, 2.75) is 70.9 Å². The fraction of sp³-hybridized carbons (Fsp3) is 0.727. The summed E-state index contributed by atoms with van der Waals surface area (Å²) < 4.78 is 4.62. The van der Waals surface area contributed by atoms with E-state index in [1.54, 1.807) is 11.8 Å². The standard InChI is InChI=1S/C22H35NO4S/c1-4-5-6-7-9-18(2)20(24)13-11-19-12-14-21(25)23(19)15-17-28-16-8-10-22(26)27-3/h11,13,18-20,24H,4-5,8-10,12,14-17H2,1-3H3/t18-,19-,20+/m0/s1. The molecule has 158 valence electrons. The van der Waals surface area contributed by atoms with Crippen LogP contribution in [0.3, 0.4) is 0 Å². The first-order valence-electron chi connectivity index (χ1n) is 10.3. The topological polar surface area (TPSA) is 66.8 Å². The Kier molecular flexibility index (Phi) is 12.8. The zero-order valence-corrected chi connectivity index (χ0v) is 18.3. The molecule has 28 heavy (non-hydrogen) atoms. The number of rotatable bonds is 12. The molecule has 1 N–H and O–H groups in total. The van der Waals surface area contributed by atoms with Crippen LogP contribution in [0.25, 0.3) is 0 Å². The van der Waals surface area contributed by atoms with E-state index in [-0.39, 0.29) is 23.8 Å². The largest absolute Gasteiger partial charge is 0.469 e. The van der Waals surface area contributed by atoms with Gasteiger partial charge in [-0.2, -0.15) is 11.8 Å². The van der Waals surface area contributed by atoms with Gasteiger partial charge in [-0.05, 0) is 30.9 Å². The maximum atomic E-state index is 12.2. The minimum atomic E-state index is -0.541. The fourth-order valence-electron chi connectivity index (χ4n) is 2.93. The number of hydrogen-bond acceptors (Lipinski definition) is 5. The number of methoxy groups -OCH3 is 1. The van der Waals surface area contributed by atoms with E-state index in [0.717, 1.165) is 37.2 Å². The van der Waals surface area contributed by atoms with Crippen molar-refractivity contribution in [2.24, 2.45) is 5.92 Å². The molecule has 1 amide bonds. The number of unbranched alkanes of at least 4 members (excludes halogenated alkanes) is 1. The number of carbonyl (C=O) groups excluding carboxylic acids is 2. The van der Waals surface area contributed by atoms with Gasteiger partial charge < -0.3 is 14.7 Å². The molecule has 0 aliphatic carbocycles. The van der Waals surface area contributed by atoms with Gasteiger partial charge in [-0.15, -0.1) is 11.8 Å². The molecule has 1 heterocycles. The SMILES string of the molecule is CCCC#CC[C@H](C)[C@H](O)C=C[C@H]1CCC(=O)N1CCSCCCC(=O)OC. The molecular weight excluding hydrogens is 374 g/mol. The Balaban J connectivity index is 2.36. The van der Waals surface area contributed by atoms with Crippen LogP contribution in [0.2, 0.25) is 0 Å². The molecule has 1 saturated heterocycles. The minimum absolute atomic E-state index is 0.0659. The Hall–Kier alpha value is -1.45. The van der Waals surface area contributed by atoms with Crippen LogP contribution in [0.5, 0.6) is 0 Å². The maximum absolute atomic E-state index is 12.2. The lowest BCUT2D eigenvalue weighted by Crippen LogP contribution is -2.34. The third-order valence-electron chi connectivity index (χ3n) is 4.79. The van der Waals surface area contributed by atoms with Gasteiger partial charge in [0.05, 0.1) is 19.3 Å². The van der Waals surface area contributed by atoms with Crippen molar-refractivity contribution in [3.63, 3.8) is 0 Å². The first-order chi connectivity index (χ1) is 13.5. The van der Waals surface area contributed by atoms with Crippen LogP contribution < -0.4 is 0 Å². The molecule has 0 radical (unpaired) electrons. The highest BCUT2D eigenvalue weighted by molar-refractivity contribution is 7.99. The summed E-state index contributed by atoms with van der Waals surface area (Å²) in [5.74, 6) is 8.05. The highest BCUT2D eigenvalue weighted by Gasteiger charge is 2.28. The second-order valence-electron chi connectivity index (χ2n) is 7.15. The zero-order valence-electron chi connectivity index (χ0n) is 17.5. The summed E-state index contributed by atoms with van der Waals surface area (Å²) in [5.41, 5.74) is 0. The highest BCUT2D eigenvalue weighted by Crippen LogP contribution is 2.21. The molecule has 5 nitrogen and oxygen atoms in total. The van der Waals surface area contributed by atoms with Crippen molar-refractivity contribution in [3.05, 3.63) is 12.2 Å². The van der Waals surface area contributed by atoms with Crippen molar-refractivity contribution in [3.8, 4) is 11.8 Å². The van der Waals surface area contributed by atoms with Crippen LogP contribution in [-0.2, 0) is 14.3 Å². The molecule has 0 aromatic carbocycles. The molecule has 1 aliphatic rings. The van der Waals surface area contributed by atoms with Gasteiger partial charge in [0.15, 0.2) is 0 Å². The number of aliphatic hydroxyl groups excluding tert-OH is 1. The van der Waals surface area contributed by atoms with Gasteiger partial charge in [0.1, 0.15) is 0 Å². The smallest absolute Gasteiger partial charge is 0.305 e. The van der Waals surface area contributed by atoms with Crippen molar-refractivity contribution < 1.29 is 19.4 Å². The van der Waals surface area contributed by atoms with Crippen LogP contribution in [0.1, 0.15) is 58.8 Å². The number of nitrogens with zero attached hydrogens (tertiary/aromatic N) is 1. The van der Waals surface area contributed by atoms with Crippen LogP contribution in [-0.4, -0.2) is 59.2 Å². The molecular formula is C22H35NO4S. The summed E-state index contributed by atoms with van der Waals surface area (Å²) in [6, 6.07) is 0.0659. The molecule has 0 unspecified atom stereocenters. The Morgan fingerprint density at radius 1 is 1.43 bits per heavy atom. The monoisotopic (exact) mass is 409 g/mol. The van der Waals surface area contributed by atoms with Crippen LogP contribution in [0, 0.1) is 17.8 Å². The second kappa shape index (κ2) is 14.5. The molecule has 0 aromatic rings. The normalized spacial score (nSPS) is 18.8. The number of thioether (sulfide) groups is 1. The highest BCUT2D eigenvalue weighted by atomic mass is 32.2. The van der Waals surface area contributed by atoms with E-state index < -0.39 is 6.10 Å². The number of amides is 1. The van der Waals surface area contributed by atoms with Gasteiger partial charge in [0.25, 0.3) is 0 Å². The van der Waals surface area contributed by atoms with Crippen molar-refractivity contribution in [1.82, 2.24) is 4.90 Å². The number of hydrogen-bond donors (Lipinski definition) is 1. The third-order valence-corrected chi connectivity index (χ3v) is 5.83. The first kappa shape index (κ1) is 24.6. The molecule has 1 fully saturated rings. The summed E-state index contributed by atoms with van der Waals surface area (Å²) in [5, 5.41) is 10.3. The summed E-state index contributed by atoms with van der Waals surface area (Å²) in [4.78, 5) is 25.1. The van der Waals surface area contributed by atoms with Crippen LogP contribution in [0.4, 0.5) is 0 Å². The van der Waals surface area contributed by atoms with E-state index >= 15 is 0 Å². The van der Waals surface area contributed by atoms with Crippen molar-refractivity contribution in [2.75, 3.05) is 25.2 Å². The van der Waals surface area contributed by atoms with Gasteiger partial charge >= 0.3 is 5.97 Å². The van der Waals surface area contributed by atoms with Gasteiger partial charge in [0.2, 0.25) is 5.91 Å². The van der Waals surface area contributed by atoms with E-state index in [1.807, 2.05) is 24.0 Å². The van der Waals surface area contributed by atoms with Gasteiger partial charge in [-0.1, -0.05) is 26.0 Å². The summed E-state index contributed by atoms with van der Waals surface area (Å²) in [6.07, 6.45) is 8.51. The number of aliphatic hydroxyl groups is 1. The molecule has 1 aliphatic heterocycles. The van der Waals surface area contributed by atoms with E-state index in [2.05, 4.69) is 23.5 Å². The average molecular weight is 410 g/mol. The van der Waals surface area contributed by atoms with E-state index in [1.165, 1.54) is 7.11 Å². The predicted molar refractivity (Wildman–Crippen MR) is 115 cm³/mol. The first-order valence-corrected chi connectivity index (χ1v) is 11.4.